The third kappa shape index (κ3) is 5.27. The number of piperidine rings is 1. The number of sulfone groups is 1. The average molecular weight is 453 g/mol. The Kier molecular flexibility index (Phi) is 6.64. The van der Waals surface area contributed by atoms with Crippen LogP contribution in [0.4, 0.5) is 0 Å². The minimum atomic E-state index is -3.16. The van der Waals surface area contributed by atoms with E-state index in [2.05, 4.69) is 10.4 Å². The zero-order valence-electron chi connectivity index (χ0n) is 17.9. The molecule has 0 aromatic rings. The molecule has 0 radical (unpaired) electrons. The van der Waals surface area contributed by atoms with E-state index in [4.69, 9.17) is 0 Å². The highest BCUT2D eigenvalue weighted by Crippen LogP contribution is 2.24. The van der Waals surface area contributed by atoms with E-state index in [0.717, 1.165) is 38.5 Å². The fourth-order valence-electron chi connectivity index (χ4n) is 5.10. The number of amides is 3. The Labute approximate surface area is 183 Å². The summed E-state index contributed by atoms with van der Waals surface area (Å²) in [6.45, 7) is 0.930. The molecule has 4 aliphatic rings. The van der Waals surface area contributed by atoms with Crippen molar-refractivity contribution in [1.82, 2.24) is 15.2 Å². The summed E-state index contributed by atoms with van der Waals surface area (Å²) in [6.07, 6.45) is 7.86. The number of likely N-dealkylation sites (tertiary alicyclic amines) is 1. The van der Waals surface area contributed by atoms with Crippen molar-refractivity contribution in [2.24, 2.45) is 11.0 Å². The first kappa shape index (κ1) is 22.2. The van der Waals surface area contributed by atoms with E-state index in [1.807, 2.05) is 0 Å². The van der Waals surface area contributed by atoms with Gasteiger partial charge in [-0.3, -0.25) is 14.4 Å². The lowest BCUT2D eigenvalue weighted by atomic mass is 9.92. The molecule has 1 aliphatic carbocycles. The SMILES string of the molecule is O=C(NC1CCCCC1)C1CCCN(C(=O)C2=NN(C3CCS(=O)(=O)C3)C(=O)CC2)C1. The van der Waals surface area contributed by atoms with Crippen LogP contribution in [0, 0.1) is 5.92 Å². The van der Waals surface area contributed by atoms with Crippen molar-refractivity contribution in [1.29, 1.82) is 0 Å². The Morgan fingerprint density at radius 3 is 2.48 bits per heavy atom. The largest absolute Gasteiger partial charge is 0.353 e. The molecule has 9 nitrogen and oxygen atoms in total. The van der Waals surface area contributed by atoms with Crippen molar-refractivity contribution in [3.63, 3.8) is 0 Å². The second kappa shape index (κ2) is 9.26. The van der Waals surface area contributed by atoms with Crippen molar-refractivity contribution < 1.29 is 22.8 Å². The summed E-state index contributed by atoms with van der Waals surface area (Å²) in [5.41, 5.74) is 0.289. The van der Waals surface area contributed by atoms with Crippen LogP contribution in [0.15, 0.2) is 5.10 Å². The van der Waals surface area contributed by atoms with E-state index in [0.29, 0.717) is 19.5 Å². The van der Waals surface area contributed by atoms with E-state index < -0.39 is 15.9 Å². The first-order valence-corrected chi connectivity index (χ1v) is 13.3. The zero-order chi connectivity index (χ0) is 22.0. The Balaban J connectivity index is 1.39. The van der Waals surface area contributed by atoms with Crippen LogP contribution in [0.25, 0.3) is 0 Å². The molecular weight excluding hydrogens is 420 g/mol. The van der Waals surface area contributed by atoms with E-state index >= 15 is 0 Å². The Morgan fingerprint density at radius 2 is 1.77 bits per heavy atom. The standard InChI is InChI=1S/C21H32N4O5S/c26-19-9-8-18(23-25(19)17-10-12-31(29,30)14-17)21(28)24-11-4-5-15(13-24)20(27)22-16-6-2-1-3-7-16/h15-17H,1-14H2,(H,22,27). The van der Waals surface area contributed by atoms with Gasteiger partial charge in [-0.1, -0.05) is 19.3 Å². The molecule has 4 rings (SSSR count). The molecule has 3 amide bonds. The van der Waals surface area contributed by atoms with Crippen LogP contribution >= 0.6 is 0 Å². The first-order valence-electron chi connectivity index (χ1n) is 11.5. The lowest BCUT2D eigenvalue weighted by Gasteiger charge is -2.35. The number of nitrogens with one attached hydrogen (secondary N) is 1. The summed E-state index contributed by atoms with van der Waals surface area (Å²) < 4.78 is 23.6. The molecule has 3 aliphatic heterocycles. The summed E-state index contributed by atoms with van der Waals surface area (Å²) in [5.74, 6) is -0.721. The normalized spacial score (nSPS) is 29.5. The maximum absolute atomic E-state index is 13.1. The Bertz CT molecular complexity index is 865. The molecule has 1 N–H and O–H groups in total. The van der Waals surface area contributed by atoms with Gasteiger partial charge >= 0.3 is 0 Å². The third-order valence-corrected chi connectivity index (χ3v) is 8.64. The van der Waals surface area contributed by atoms with Crippen LogP contribution in [0.3, 0.4) is 0 Å². The van der Waals surface area contributed by atoms with E-state index in [9.17, 15) is 22.8 Å². The van der Waals surface area contributed by atoms with Gasteiger partial charge in [-0.15, -0.1) is 0 Å². The molecule has 2 atom stereocenters. The lowest BCUT2D eigenvalue weighted by Crippen LogP contribution is -2.50. The number of carbonyl (C=O) groups excluding carboxylic acids is 3. The highest BCUT2D eigenvalue weighted by Gasteiger charge is 2.38. The molecule has 0 aromatic heterocycles. The first-order chi connectivity index (χ1) is 14.8. The zero-order valence-corrected chi connectivity index (χ0v) is 18.7. The van der Waals surface area contributed by atoms with E-state index in [-0.39, 0.29) is 59.7 Å². The minimum Gasteiger partial charge on any atom is -0.353 e. The quantitative estimate of drug-likeness (QED) is 0.678. The van der Waals surface area contributed by atoms with Gasteiger partial charge in [-0.25, -0.2) is 13.4 Å². The number of rotatable bonds is 4. The number of hydrogen-bond donors (Lipinski definition) is 1. The van der Waals surface area contributed by atoms with Crippen molar-refractivity contribution in [3.8, 4) is 0 Å². The molecule has 0 spiro atoms. The van der Waals surface area contributed by atoms with Crippen molar-refractivity contribution >= 4 is 33.3 Å². The van der Waals surface area contributed by atoms with Crippen LogP contribution in [-0.4, -0.2) is 78.4 Å². The van der Waals surface area contributed by atoms with Crippen molar-refractivity contribution in [3.05, 3.63) is 0 Å². The number of hydrazone groups is 1. The molecule has 0 aromatic carbocycles. The van der Waals surface area contributed by atoms with Crippen molar-refractivity contribution in [2.75, 3.05) is 24.6 Å². The Morgan fingerprint density at radius 1 is 1.00 bits per heavy atom. The summed E-state index contributed by atoms with van der Waals surface area (Å²) in [4.78, 5) is 39.9. The van der Waals surface area contributed by atoms with Gasteiger partial charge in [0.25, 0.3) is 5.91 Å². The molecular formula is C21H32N4O5S. The van der Waals surface area contributed by atoms with Gasteiger partial charge in [0.05, 0.1) is 23.5 Å². The fourth-order valence-corrected chi connectivity index (χ4v) is 6.80. The molecule has 3 fully saturated rings. The molecule has 3 heterocycles. The summed E-state index contributed by atoms with van der Waals surface area (Å²) in [6, 6.07) is -0.242. The third-order valence-electron chi connectivity index (χ3n) is 6.89. The maximum atomic E-state index is 13.1. The van der Waals surface area contributed by atoms with E-state index in [1.165, 1.54) is 11.4 Å². The van der Waals surface area contributed by atoms with Crippen molar-refractivity contribution in [2.45, 2.75) is 76.3 Å². The van der Waals surface area contributed by atoms with E-state index in [1.54, 1.807) is 4.90 Å². The van der Waals surface area contributed by atoms with Gasteiger partial charge in [0.1, 0.15) is 5.71 Å². The topological polar surface area (TPSA) is 116 Å². The maximum Gasteiger partial charge on any atom is 0.270 e. The van der Waals surface area contributed by atoms with Crippen LogP contribution in [0.5, 0.6) is 0 Å². The van der Waals surface area contributed by atoms with Crippen LogP contribution in [0.2, 0.25) is 0 Å². The smallest absolute Gasteiger partial charge is 0.270 e. The van der Waals surface area contributed by atoms with Crippen LogP contribution in [-0.2, 0) is 24.2 Å². The van der Waals surface area contributed by atoms with Gasteiger partial charge < -0.3 is 10.2 Å². The highest BCUT2D eigenvalue weighted by atomic mass is 32.2. The number of nitrogens with zero attached hydrogens (tertiary/aromatic N) is 3. The van der Waals surface area contributed by atoms with Gasteiger partial charge in [0, 0.05) is 32.0 Å². The monoisotopic (exact) mass is 452 g/mol. The lowest BCUT2D eigenvalue weighted by molar-refractivity contribution is -0.134. The van der Waals surface area contributed by atoms with Gasteiger partial charge in [-0.05, 0) is 32.1 Å². The molecule has 10 heteroatoms. The van der Waals surface area contributed by atoms with Gasteiger partial charge in [-0.2, -0.15) is 5.10 Å². The second-order valence-corrected chi connectivity index (χ2v) is 11.5. The predicted molar refractivity (Wildman–Crippen MR) is 115 cm³/mol. The summed E-state index contributed by atoms with van der Waals surface area (Å²) in [7, 11) is -3.16. The molecule has 2 saturated heterocycles. The van der Waals surface area contributed by atoms with Crippen LogP contribution in [0.1, 0.15) is 64.2 Å². The number of carbonyl (C=O) groups is 3. The second-order valence-electron chi connectivity index (χ2n) is 9.28. The average Bonchev–Trinajstić information content (AvgIpc) is 3.14. The molecule has 1 saturated carbocycles. The molecule has 0 bridgehead atoms. The minimum absolute atomic E-state index is 0.0305. The molecule has 172 valence electrons. The van der Waals surface area contributed by atoms with Gasteiger partial charge in [0.15, 0.2) is 9.84 Å². The van der Waals surface area contributed by atoms with Crippen LogP contribution < -0.4 is 5.32 Å². The summed E-state index contributed by atoms with van der Waals surface area (Å²) in [5, 5.41) is 8.68. The highest BCUT2D eigenvalue weighted by molar-refractivity contribution is 7.91. The molecule has 31 heavy (non-hydrogen) atoms. The summed E-state index contributed by atoms with van der Waals surface area (Å²) >= 11 is 0. The number of hydrogen-bond acceptors (Lipinski definition) is 6. The molecule has 2 unspecified atom stereocenters. The fraction of sp³-hybridized carbons (Fsp3) is 0.810. The predicted octanol–water partition coefficient (Wildman–Crippen LogP) is 0.839. The Hall–Kier alpha value is -1.97. The van der Waals surface area contributed by atoms with Gasteiger partial charge in [0.2, 0.25) is 11.8 Å².